The maximum absolute atomic E-state index is 15.1. The molecule has 7 saturated heterocycles. The molecule has 17 rings (SSSR count). The number of nitrogens with zero attached hydrogens (tertiary/aromatic N) is 16. The predicted octanol–water partition coefficient (Wildman–Crippen LogP) is -4.15. The van der Waals surface area contributed by atoms with E-state index in [-0.39, 0.29) is 99.7 Å². The van der Waals surface area contributed by atoms with E-state index >= 15 is 9.79 Å². The second-order valence-electron chi connectivity index (χ2n) is 34.3. The van der Waals surface area contributed by atoms with Gasteiger partial charge in [-0.05, 0) is 34.1 Å². The van der Waals surface area contributed by atoms with E-state index < -0.39 is 286 Å². The van der Waals surface area contributed by atoms with Crippen LogP contribution in [0.4, 0.5) is 29.4 Å². The molecule has 62 nitrogen and oxygen atoms in total. The number of aliphatic hydroxyl groups is 1. The van der Waals surface area contributed by atoms with Gasteiger partial charge < -0.3 is 172 Å². The molecule has 0 amide bonds. The number of imidazole rings is 3. The van der Waals surface area contributed by atoms with E-state index in [1.807, 2.05) is 0 Å². The van der Waals surface area contributed by atoms with Crippen LogP contribution in [0.3, 0.4) is 0 Å². The third-order valence-electron chi connectivity index (χ3n) is 24.3. The predicted molar refractivity (Wildman–Crippen MR) is 521 cm³/mol. The first-order chi connectivity index (χ1) is 69.7. The molecule has 0 bridgehead atoms. The molecule has 10 aromatic heterocycles. The van der Waals surface area contributed by atoms with Crippen molar-refractivity contribution in [2.24, 2.45) is 0 Å². The summed E-state index contributed by atoms with van der Waals surface area (Å²) in [7, 11) is 1.02. The van der Waals surface area contributed by atoms with Gasteiger partial charge in [-0.2, -0.15) is 19.9 Å². The molecule has 29 atom stereocenters. The van der Waals surface area contributed by atoms with Crippen LogP contribution < -0.4 is 103 Å². The number of aryl methyl sites for hydroxylation is 4. The molecule has 0 radical (unpaired) electrons. The number of aliphatic hydroxyl groups excluding tert-OH is 1. The maximum Gasteiger partial charge on any atom is 0.351 e. The van der Waals surface area contributed by atoms with Gasteiger partial charge in [-0.3, -0.25) is 75.6 Å². The van der Waals surface area contributed by atoms with E-state index in [1.54, 1.807) is 20.8 Å². The molecule has 7 fully saturated rings. The van der Waals surface area contributed by atoms with Crippen LogP contribution in [0.5, 0.6) is 0 Å². The van der Waals surface area contributed by atoms with Gasteiger partial charge in [0.2, 0.25) is 11.9 Å². The van der Waals surface area contributed by atoms with Gasteiger partial charge in [0.15, 0.2) is 46.8 Å². The summed E-state index contributed by atoms with van der Waals surface area (Å²) in [5, 5.41) is 12.4. The van der Waals surface area contributed by atoms with Gasteiger partial charge in [-0.25, -0.2) is 44.1 Å². The number of hydrogen-bond donors (Lipinski definition) is 10. The third kappa shape index (κ3) is 25.4. The Morgan fingerprint density at radius 1 is 0.392 bits per heavy atom. The molecule has 0 saturated carbocycles. The highest BCUT2D eigenvalue weighted by Gasteiger charge is 2.52. The fourth-order valence-electron chi connectivity index (χ4n) is 17.1. The topological polar surface area (TPSA) is 850 Å². The van der Waals surface area contributed by atoms with Crippen molar-refractivity contribution >= 4 is 193 Å². The summed E-state index contributed by atoms with van der Waals surface area (Å²) >= 11 is 37.9. The number of anilines is 5. The number of ether oxygens (including phenoxy) is 7. The summed E-state index contributed by atoms with van der Waals surface area (Å²) < 4.78 is 148. The maximum atomic E-state index is 15.1. The normalized spacial score (nSPS) is 29.7. The molecule has 17 heterocycles. The monoisotopic (exact) mass is 2340 g/mol. The van der Waals surface area contributed by atoms with Crippen molar-refractivity contribution in [1.29, 1.82) is 0 Å². The summed E-state index contributed by atoms with van der Waals surface area (Å²) in [6.45, 7) is -32.0. The van der Waals surface area contributed by atoms with E-state index in [0.717, 1.165) is 52.2 Å². The summed E-state index contributed by atoms with van der Waals surface area (Å²) in [6, 6.07) is 0. The molecule has 0 spiro atoms. The molecule has 15 N–H and O–H groups in total. The fourth-order valence-corrected chi connectivity index (χ4v) is 26.8. The lowest BCUT2D eigenvalue weighted by Gasteiger charge is -2.37. The van der Waals surface area contributed by atoms with Crippen LogP contribution >= 0.6 is 47.1 Å². The molecule has 148 heavy (non-hydrogen) atoms. The minimum absolute atomic E-state index is 0.00215. The Kier molecular flexibility index (Phi) is 33.7. The summed E-state index contributed by atoms with van der Waals surface area (Å²) in [5.74, 6) is -0.906. The number of H-pyrrole nitrogens is 4. The summed E-state index contributed by atoms with van der Waals surface area (Å²) in [4.78, 5) is 237. The van der Waals surface area contributed by atoms with Gasteiger partial charge in [0, 0.05) is 92.7 Å². The molecule has 10 aromatic rings. The molecule has 14 unspecified atom stereocenters. The highest BCUT2D eigenvalue weighted by molar-refractivity contribution is 8.32. The van der Waals surface area contributed by atoms with Gasteiger partial charge in [0.1, 0.15) is 150 Å². The Morgan fingerprint density at radius 2 is 0.723 bits per heavy atom. The van der Waals surface area contributed by atoms with Crippen LogP contribution in [0.2, 0.25) is 0 Å². The number of nitrogens with one attached hydrogen (secondary N) is 4. The number of fused-ring (bicyclic) bond motifs is 3. The Morgan fingerprint density at radius 3 is 1.11 bits per heavy atom. The Labute approximate surface area is 865 Å². The lowest BCUT2D eigenvalue weighted by Crippen LogP contribution is -2.38. The zero-order chi connectivity index (χ0) is 106. The number of nitrogen functional groups attached to an aromatic ring is 5. The number of hydrogen-bond acceptors (Lipinski definition) is 58. The van der Waals surface area contributed by atoms with Gasteiger partial charge >= 0.3 is 22.8 Å². The van der Waals surface area contributed by atoms with Crippen molar-refractivity contribution < 1.29 is 136 Å². The lowest BCUT2D eigenvalue weighted by molar-refractivity contribution is -0.221. The van der Waals surface area contributed by atoms with E-state index in [0.29, 0.717) is 11.1 Å². The van der Waals surface area contributed by atoms with Crippen LogP contribution in [0, 0.1) is 27.7 Å². The van der Waals surface area contributed by atoms with Crippen molar-refractivity contribution in [2.75, 3.05) is 75.4 Å². The quantitative estimate of drug-likeness (QED) is 0.0128. The molecule has 0 aromatic carbocycles. The van der Waals surface area contributed by atoms with Gasteiger partial charge in [0.25, 0.3) is 22.2 Å². The summed E-state index contributed by atoms with van der Waals surface area (Å²) in [5.41, 5.74) is 23.2. The van der Waals surface area contributed by atoms with Crippen molar-refractivity contribution in [2.45, 2.75) is 215 Å². The highest BCUT2D eigenvalue weighted by atomic mass is 32.7. The fraction of sp³-hybridized carbons (Fsp3) is 0.569. The van der Waals surface area contributed by atoms with Crippen LogP contribution in [0.1, 0.15) is 118 Å². The minimum Gasteiger partial charge on any atom is -0.780 e. The van der Waals surface area contributed by atoms with E-state index in [9.17, 15) is 67.6 Å². The Balaban J connectivity index is 0.590. The van der Waals surface area contributed by atoms with E-state index in [4.69, 9.17) is 208 Å². The minimum atomic E-state index is -5.22. The number of aromatic amines is 4. The molecule has 808 valence electrons. The van der Waals surface area contributed by atoms with Crippen LogP contribution in [0.25, 0.3) is 33.5 Å². The number of rotatable bonds is 41. The third-order valence-corrected chi connectivity index (χ3v) is 35.4. The average molecular weight is 2340 g/mol. The molecule has 76 heteroatoms. The van der Waals surface area contributed by atoms with Crippen molar-refractivity contribution in [3.63, 3.8) is 0 Å². The smallest absolute Gasteiger partial charge is 0.351 e. The molecule has 0 aliphatic carbocycles. The lowest BCUT2D eigenvalue weighted by atomic mass is 10.1. The second-order valence-corrected chi connectivity index (χ2v) is 53.3. The molecular weight excluding hydrogens is 2250 g/mol. The zero-order valence-corrected chi connectivity index (χ0v) is 89.2. The SMILES string of the molecule is CC[C@H]1O[C@@H](n2cc(C)c(N)nc2=O)CC1OP([O-])(=S)OC[C@H]1O[C@@H](n2cc(C)c(N)nc2=O)CC1OP(=O)([S-])OC[C@H]1O[C@@H](n2cnc3c(N)ncnc32)[C@@H](O)C1OP([O-])(=S)OC[C@H]1O[C@@H](n2cc(C)c(=O)[nH]c2=O)CC1OP([O-])(=S)OC[C@H]1O[C@@H](n2cnc3c(=O)[nH]c(N)nc32)CC1OP([O-])(=S)OC[C@H]1O[C@@H](n2cc(C)c(=O)[nH]c2=O)CC1OP([O-])(=S)OC[C@H]1O[C@@H](n2cnc3c(=O)[nH]c(N)nc32)CC1OP([O-])(=S)OC. The van der Waals surface area contributed by atoms with Crippen LogP contribution in [-0.2, 0) is 184 Å². The van der Waals surface area contributed by atoms with Crippen molar-refractivity contribution in [3.8, 4) is 0 Å². The number of aromatic nitrogens is 20. The van der Waals surface area contributed by atoms with Crippen molar-refractivity contribution in [1.82, 2.24) is 96.8 Å². The first-order valence-electron chi connectivity index (χ1n) is 44.0. The van der Waals surface area contributed by atoms with E-state index in [1.165, 1.54) is 50.8 Å². The number of nitrogens with two attached hydrogens (primary N) is 5. The largest absolute Gasteiger partial charge is 0.780 e. The van der Waals surface area contributed by atoms with Gasteiger partial charge in [-0.1, -0.05) is 77.8 Å². The standard InChI is InChI=1S/C72H96N25O37P7S7/c1-7-32-33(8-45(121-32)91-14-28(2)56(73)83-69(91)103)129-136(108,143)115-19-40-35(9-46(122-40)92-15-29(3)57(74)84-70(92)104)132-140(112,147)120-23-44-55(54(98)66(127-44)97-27-80-51-58(75)78-24-79-59(51)97)134-141(113,148)119-22-42-37(11-48(124-42)94-17-31(5)63(100)90-72(94)106)131-138(110,145)118-21-43-38(13-50(126-43)96-26-82-53-61(96)86-68(77)88-65(53)102)133-139(111,146)117-20-41-36(10-47(123-41)93-16-30(4)62(99)89-71(93)105)130-137(109,144)116-18-39-34(128-135(107,142)114-6)12-49(125-39)95-25-81-52-60(95)85-67(76)87-64(52)101/h14-17,24-27,32-50,54-55,66,98H,7-13,18-23H2,1-6H3,(H,107,142)(H,108,143)(H,109,144)(H,110,145)(H,111,146)(H,112,147)(H,113,148)(H2,73,83,103)(H2,74,84,104)(H2,75,78,79)(H,89,99,105)(H,90,100,106)(H3,76,85,87,101)(H3,77,86,88,102)/p-7/t32-,33?,34?,35?,36?,37?,38?,39-,40-,41-,42-,43-,44-,45-,46-,47-,48-,49-,50-,54+,55?,66-,135?,136?,137?,138?,139?,140?,141?/m1/s1. The Hall–Kier alpha value is -7.27. The second kappa shape index (κ2) is 44.5. The molecule has 7 aliphatic heterocycles. The molecule has 7 aliphatic rings. The van der Waals surface area contributed by atoms with E-state index in [2.05, 4.69) is 64.8 Å². The average Bonchev–Trinajstić information content (AvgIpc) is 1.62. The zero-order valence-electron chi connectivity index (χ0n) is 77.2. The van der Waals surface area contributed by atoms with Gasteiger partial charge in [-0.15, -0.1) is 0 Å². The summed E-state index contributed by atoms with van der Waals surface area (Å²) in [6.07, 6.45) is -24.8. The first kappa shape index (κ1) is 112. The van der Waals surface area contributed by atoms with Crippen LogP contribution in [0.15, 0.2) is 88.5 Å². The Bertz CT molecular complexity index is 7640. The van der Waals surface area contributed by atoms with Gasteiger partial charge in [0.05, 0.1) is 101 Å². The van der Waals surface area contributed by atoms with Crippen LogP contribution in [-0.4, -0.2) is 240 Å². The first-order valence-corrected chi connectivity index (χ1v) is 61.9. The molecular formula is C72H89N25O37P7S7-7. The van der Waals surface area contributed by atoms with Crippen molar-refractivity contribution in [3.05, 3.63) is 156 Å². The highest BCUT2D eigenvalue weighted by Crippen LogP contribution is 2.57.